The van der Waals surface area contributed by atoms with Crippen LogP contribution in [0.25, 0.3) is 11.4 Å². The van der Waals surface area contributed by atoms with Crippen LogP contribution in [-0.4, -0.2) is 14.8 Å². The van der Waals surface area contributed by atoms with Crippen molar-refractivity contribution in [2.75, 3.05) is 5.73 Å². The minimum atomic E-state index is 0.745. The lowest BCUT2D eigenvalue weighted by Gasteiger charge is -2.01. The average molecular weight is 272 g/mol. The first kappa shape index (κ1) is 14.6. The highest BCUT2D eigenvalue weighted by molar-refractivity contribution is 5.60. The Kier molecular flexibility index (Phi) is 5.59. The molecule has 0 saturated carbocycles. The molecule has 2 rings (SSSR count). The molecule has 0 saturated heterocycles. The standard InChI is InChI=1S/C16H24N4/c1-2-3-4-5-6-7-11-20-13-18-16(19-20)14-9-8-10-15(17)12-14/h8-10,12-13H,2-7,11,17H2,1H3. The molecule has 0 aliphatic carbocycles. The van der Waals surface area contributed by atoms with Gasteiger partial charge in [-0.1, -0.05) is 51.2 Å². The highest BCUT2D eigenvalue weighted by atomic mass is 15.3. The Labute approximate surface area is 121 Å². The van der Waals surface area contributed by atoms with Crippen LogP contribution >= 0.6 is 0 Å². The van der Waals surface area contributed by atoms with Crippen LogP contribution in [0.15, 0.2) is 30.6 Å². The zero-order chi connectivity index (χ0) is 14.2. The van der Waals surface area contributed by atoms with Gasteiger partial charge in [0.1, 0.15) is 6.33 Å². The molecule has 4 nitrogen and oxygen atoms in total. The maximum absolute atomic E-state index is 5.78. The summed E-state index contributed by atoms with van der Waals surface area (Å²) in [6.07, 6.45) is 9.57. The number of rotatable bonds is 8. The third-order valence-electron chi connectivity index (χ3n) is 3.42. The van der Waals surface area contributed by atoms with Gasteiger partial charge in [-0.3, -0.25) is 4.68 Å². The van der Waals surface area contributed by atoms with Gasteiger partial charge in [-0.2, -0.15) is 5.10 Å². The first-order valence-electron chi connectivity index (χ1n) is 7.55. The Balaban J connectivity index is 1.80. The number of unbranched alkanes of at least 4 members (excludes halogenated alkanes) is 5. The maximum atomic E-state index is 5.78. The lowest BCUT2D eigenvalue weighted by molar-refractivity contribution is 0.527. The van der Waals surface area contributed by atoms with Crippen molar-refractivity contribution in [2.24, 2.45) is 0 Å². The van der Waals surface area contributed by atoms with Crippen LogP contribution in [0.5, 0.6) is 0 Å². The van der Waals surface area contributed by atoms with Gasteiger partial charge in [-0.05, 0) is 18.6 Å². The third kappa shape index (κ3) is 4.37. The lowest BCUT2D eigenvalue weighted by Crippen LogP contribution is -1.99. The smallest absolute Gasteiger partial charge is 0.181 e. The Morgan fingerprint density at radius 1 is 1.10 bits per heavy atom. The van der Waals surface area contributed by atoms with E-state index in [4.69, 9.17) is 5.73 Å². The molecule has 0 unspecified atom stereocenters. The van der Waals surface area contributed by atoms with Gasteiger partial charge in [-0.25, -0.2) is 4.98 Å². The van der Waals surface area contributed by atoms with Gasteiger partial charge in [0.25, 0.3) is 0 Å². The minimum Gasteiger partial charge on any atom is -0.399 e. The van der Waals surface area contributed by atoms with E-state index in [1.165, 1.54) is 38.5 Å². The van der Waals surface area contributed by atoms with Gasteiger partial charge in [0, 0.05) is 17.8 Å². The molecule has 2 aromatic rings. The van der Waals surface area contributed by atoms with E-state index in [9.17, 15) is 0 Å². The molecule has 0 radical (unpaired) electrons. The molecule has 108 valence electrons. The first-order chi connectivity index (χ1) is 9.79. The summed E-state index contributed by atoms with van der Waals surface area (Å²) in [6.45, 7) is 3.19. The summed E-state index contributed by atoms with van der Waals surface area (Å²) >= 11 is 0. The predicted molar refractivity (Wildman–Crippen MR) is 83.2 cm³/mol. The summed E-state index contributed by atoms with van der Waals surface area (Å²) in [5, 5.41) is 4.51. The third-order valence-corrected chi connectivity index (χ3v) is 3.42. The van der Waals surface area contributed by atoms with E-state index in [0.717, 1.165) is 23.6 Å². The van der Waals surface area contributed by atoms with Crippen molar-refractivity contribution in [3.8, 4) is 11.4 Å². The van der Waals surface area contributed by atoms with Crippen molar-refractivity contribution in [3.63, 3.8) is 0 Å². The zero-order valence-electron chi connectivity index (χ0n) is 12.3. The van der Waals surface area contributed by atoms with Crippen LogP contribution in [0.3, 0.4) is 0 Å². The Bertz CT molecular complexity index is 519. The van der Waals surface area contributed by atoms with Gasteiger partial charge in [0.2, 0.25) is 0 Å². The fourth-order valence-electron chi connectivity index (χ4n) is 2.27. The fraction of sp³-hybridized carbons (Fsp3) is 0.500. The molecular formula is C16H24N4. The molecule has 20 heavy (non-hydrogen) atoms. The topological polar surface area (TPSA) is 56.7 Å². The van der Waals surface area contributed by atoms with Gasteiger partial charge in [0.15, 0.2) is 5.82 Å². The van der Waals surface area contributed by atoms with E-state index < -0.39 is 0 Å². The lowest BCUT2D eigenvalue weighted by atomic mass is 10.1. The SMILES string of the molecule is CCCCCCCCn1cnc(-c2cccc(N)c2)n1. The number of aromatic nitrogens is 3. The number of hydrogen-bond acceptors (Lipinski definition) is 3. The zero-order valence-corrected chi connectivity index (χ0v) is 12.3. The monoisotopic (exact) mass is 272 g/mol. The molecule has 2 N–H and O–H groups in total. The molecule has 0 spiro atoms. The van der Waals surface area contributed by atoms with Gasteiger partial charge >= 0.3 is 0 Å². The van der Waals surface area contributed by atoms with Crippen LogP contribution in [0.2, 0.25) is 0 Å². The molecule has 4 heteroatoms. The fourth-order valence-corrected chi connectivity index (χ4v) is 2.27. The number of hydrogen-bond donors (Lipinski definition) is 1. The average Bonchev–Trinajstić information content (AvgIpc) is 2.91. The van der Waals surface area contributed by atoms with Crippen LogP contribution in [-0.2, 0) is 6.54 Å². The molecule has 0 fully saturated rings. The number of nitrogens with zero attached hydrogens (tertiary/aromatic N) is 3. The van der Waals surface area contributed by atoms with Crippen molar-refractivity contribution in [2.45, 2.75) is 52.0 Å². The highest BCUT2D eigenvalue weighted by Gasteiger charge is 2.04. The van der Waals surface area contributed by atoms with E-state index in [0.29, 0.717) is 0 Å². The van der Waals surface area contributed by atoms with Crippen molar-refractivity contribution >= 4 is 5.69 Å². The van der Waals surface area contributed by atoms with E-state index in [-0.39, 0.29) is 0 Å². The second kappa shape index (κ2) is 7.68. The molecule has 0 aliphatic rings. The van der Waals surface area contributed by atoms with E-state index in [1.54, 1.807) is 0 Å². The first-order valence-corrected chi connectivity index (χ1v) is 7.55. The van der Waals surface area contributed by atoms with Crippen LogP contribution in [0.4, 0.5) is 5.69 Å². The van der Waals surface area contributed by atoms with Crippen LogP contribution in [0, 0.1) is 0 Å². The summed E-state index contributed by atoms with van der Waals surface area (Å²) in [4.78, 5) is 4.35. The quantitative estimate of drug-likeness (QED) is 0.586. The summed E-state index contributed by atoms with van der Waals surface area (Å²) in [7, 11) is 0. The van der Waals surface area contributed by atoms with Gasteiger partial charge in [0.05, 0.1) is 0 Å². The van der Waals surface area contributed by atoms with E-state index in [1.807, 2.05) is 35.3 Å². The summed E-state index contributed by atoms with van der Waals surface area (Å²) < 4.78 is 1.93. The normalized spacial score (nSPS) is 10.8. The van der Waals surface area contributed by atoms with E-state index >= 15 is 0 Å². The van der Waals surface area contributed by atoms with Gasteiger partial charge < -0.3 is 5.73 Å². The molecule has 0 atom stereocenters. The van der Waals surface area contributed by atoms with Crippen molar-refractivity contribution in [1.29, 1.82) is 0 Å². The van der Waals surface area contributed by atoms with Crippen LogP contribution in [0.1, 0.15) is 45.4 Å². The summed E-state index contributed by atoms with van der Waals surface area (Å²) in [5.74, 6) is 0.753. The molecular weight excluding hydrogens is 248 g/mol. The van der Waals surface area contributed by atoms with Crippen molar-refractivity contribution < 1.29 is 0 Å². The van der Waals surface area contributed by atoms with Crippen LogP contribution < -0.4 is 5.73 Å². The number of nitrogens with two attached hydrogens (primary N) is 1. The Morgan fingerprint density at radius 2 is 1.90 bits per heavy atom. The maximum Gasteiger partial charge on any atom is 0.181 e. The summed E-state index contributed by atoms with van der Waals surface area (Å²) in [6, 6.07) is 7.70. The number of benzene rings is 1. The minimum absolute atomic E-state index is 0.745. The molecule has 1 heterocycles. The molecule has 0 amide bonds. The number of aryl methyl sites for hydroxylation is 1. The highest BCUT2D eigenvalue weighted by Crippen LogP contribution is 2.17. The van der Waals surface area contributed by atoms with Crippen molar-refractivity contribution in [3.05, 3.63) is 30.6 Å². The molecule has 1 aromatic carbocycles. The largest absolute Gasteiger partial charge is 0.399 e. The number of anilines is 1. The second-order valence-corrected chi connectivity index (χ2v) is 5.22. The Morgan fingerprint density at radius 3 is 2.70 bits per heavy atom. The second-order valence-electron chi connectivity index (χ2n) is 5.22. The van der Waals surface area contributed by atoms with Gasteiger partial charge in [-0.15, -0.1) is 0 Å². The molecule has 1 aromatic heterocycles. The van der Waals surface area contributed by atoms with Crippen molar-refractivity contribution in [1.82, 2.24) is 14.8 Å². The molecule has 0 bridgehead atoms. The Hall–Kier alpha value is -1.84. The van der Waals surface area contributed by atoms with E-state index in [2.05, 4.69) is 17.0 Å². The number of nitrogen functional groups attached to an aromatic ring is 1. The summed E-state index contributed by atoms with van der Waals surface area (Å²) in [5.41, 5.74) is 7.50. The molecule has 0 aliphatic heterocycles. The predicted octanol–water partition coefficient (Wildman–Crippen LogP) is 3.89.